The van der Waals surface area contributed by atoms with Gasteiger partial charge in [0.05, 0.1) is 5.70 Å². The van der Waals surface area contributed by atoms with Crippen molar-refractivity contribution in [3.05, 3.63) is 66.5 Å². The third-order valence-corrected chi connectivity index (χ3v) is 2.47. The molecule has 0 unspecified atom stereocenters. The summed E-state index contributed by atoms with van der Waals surface area (Å²) >= 11 is 0. The van der Waals surface area contributed by atoms with Gasteiger partial charge in [0.2, 0.25) is 0 Å². The van der Waals surface area contributed by atoms with Crippen LogP contribution in [0.5, 0.6) is 5.75 Å². The van der Waals surface area contributed by atoms with Gasteiger partial charge in [-0.25, -0.2) is 0 Å². The van der Waals surface area contributed by atoms with Gasteiger partial charge in [-0.05, 0) is 36.4 Å². The second-order valence-corrected chi connectivity index (χ2v) is 3.85. The van der Waals surface area contributed by atoms with Gasteiger partial charge in [0.15, 0.2) is 0 Å². The molecule has 0 radical (unpaired) electrons. The third kappa shape index (κ3) is 3.32. The first kappa shape index (κ1) is 12.6. The van der Waals surface area contributed by atoms with E-state index in [0.717, 1.165) is 5.56 Å². The van der Waals surface area contributed by atoms with Crippen molar-refractivity contribution >= 4 is 11.6 Å². The quantitative estimate of drug-likeness (QED) is 0.727. The summed E-state index contributed by atoms with van der Waals surface area (Å²) in [5.74, 6) is -0.200. The minimum absolute atomic E-state index is 0.115. The molecule has 0 saturated carbocycles. The Morgan fingerprint density at radius 1 is 1.11 bits per heavy atom. The van der Waals surface area contributed by atoms with Crippen molar-refractivity contribution < 1.29 is 9.90 Å². The number of phenolic OH excluding ortho intramolecular Hbond substituents is 1. The van der Waals surface area contributed by atoms with Gasteiger partial charge in [-0.3, -0.25) is 20.6 Å². The highest BCUT2D eigenvalue weighted by molar-refractivity contribution is 5.94. The second kappa shape index (κ2) is 5.68. The fraction of sp³-hybridized carbons (Fsp3) is 0. The predicted octanol–water partition coefficient (Wildman–Crippen LogP) is 1.69. The van der Waals surface area contributed by atoms with Gasteiger partial charge >= 0.3 is 0 Å². The Labute approximate surface area is 110 Å². The number of hydrogen-bond acceptors (Lipinski definition) is 4. The normalized spacial score (nSPS) is 9.68. The van der Waals surface area contributed by atoms with Crippen LogP contribution in [-0.4, -0.2) is 16.0 Å². The zero-order valence-corrected chi connectivity index (χ0v) is 10.1. The lowest BCUT2D eigenvalue weighted by Gasteiger charge is -2.10. The van der Waals surface area contributed by atoms with Crippen LogP contribution < -0.4 is 10.9 Å². The zero-order valence-electron chi connectivity index (χ0n) is 10.1. The number of carbonyl (C=O) groups excluding carboxylic acids is 1. The Morgan fingerprint density at radius 2 is 1.84 bits per heavy atom. The molecule has 0 saturated heterocycles. The van der Waals surface area contributed by atoms with E-state index >= 15 is 0 Å². The second-order valence-electron chi connectivity index (χ2n) is 3.85. The van der Waals surface area contributed by atoms with E-state index in [0.29, 0.717) is 11.3 Å². The first-order chi connectivity index (χ1) is 9.16. The van der Waals surface area contributed by atoms with E-state index in [-0.39, 0.29) is 11.7 Å². The molecular formula is C14H13N3O2. The highest BCUT2D eigenvalue weighted by atomic mass is 16.3. The molecule has 1 aromatic heterocycles. The Balaban J connectivity index is 1.94. The first-order valence-corrected chi connectivity index (χ1v) is 5.61. The summed E-state index contributed by atoms with van der Waals surface area (Å²) in [6.45, 7) is 3.80. The number of pyridine rings is 1. The average molecular weight is 255 g/mol. The molecule has 0 atom stereocenters. The van der Waals surface area contributed by atoms with Gasteiger partial charge in [-0.1, -0.05) is 6.58 Å². The van der Waals surface area contributed by atoms with E-state index in [2.05, 4.69) is 22.4 Å². The Kier molecular flexibility index (Phi) is 3.78. The number of phenols is 1. The molecule has 5 heteroatoms. The van der Waals surface area contributed by atoms with Crippen LogP contribution in [0.25, 0.3) is 5.70 Å². The fourth-order valence-electron chi connectivity index (χ4n) is 1.43. The molecule has 96 valence electrons. The maximum Gasteiger partial charge on any atom is 0.269 e. The maximum atomic E-state index is 11.8. The van der Waals surface area contributed by atoms with Gasteiger partial charge in [0, 0.05) is 23.5 Å². The van der Waals surface area contributed by atoms with Crippen LogP contribution in [0.2, 0.25) is 0 Å². The molecule has 2 rings (SSSR count). The number of nitrogens with zero attached hydrogens (tertiary/aromatic N) is 1. The van der Waals surface area contributed by atoms with Gasteiger partial charge < -0.3 is 5.11 Å². The monoisotopic (exact) mass is 255 g/mol. The van der Waals surface area contributed by atoms with Gasteiger partial charge in [-0.15, -0.1) is 0 Å². The first-order valence-electron chi connectivity index (χ1n) is 5.61. The molecule has 5 nitrogen and oxygen atoms in total. The maximum absolute atomic E-state index is 11.8. The van der Waals surface area contributed by atoms with Crippen LogP contribution >= 0.6 is 0 Å². The van der Waals surface area contributed by atoms with Gasteiger partial charge in [0.1, 0.15) is 5.75 Å². The van der Waals surface area contributed by atoms with Crippen LogP contribution in [0.3, 0.4) is 0 Å². The minimum atomic E-state index is -0.315. The number of amides is 1. The molecule has 0 bridgehead atoms. The van der Waals surface area contributed by atoms with Crippen LogP contribution in [0.15, 0.2) is 55.4 Å². The van der Waals surface area contributed by atoms with Crippen molar-refractivity contribution in [1.82, 2.24) is 15.8 Å². The smallest absolute Gasteiger partial charge is 0.269 e. The van der Waals surface area contributed by atoms with Crippen molar-refractivity contribution in [1.29, 1.82) is 0 Å². The molecule has 0 fully saturated rings. The van der Waals surface area contributed by atoms with Crippen LogP contribution in [0.1, 0.15) is 15.9 Å². The number of carbonyl (C=O) groups is 1. The summed E-state index contributed by atoms with van der Waals surface area (Å²) in [5, 5.41) is 9.14. The van der Waals surface area contributed by atoms with Crippen molar-refractivity contribution in [2.24, 2.45) is 0 Å². The molecule has 0 aliphatic rings. The largest absolute Gasteiger partial charge is 0.508 e. The Morgan fingerprint density at radius 3 is 2.47 bits per heavy atom. The summed E-state index contributed by atoms with van der Waals surface area (Å²) in [7, 11) is 0. The summed E-state index contributed by atoms with van der Waals surface area (Å²) in [5.41, 5.74) is 7.00. The lowest BCUT2D eigenvalue weighted by Crippen LogP contribution is -2.35. The number of hydrazine groups is 1. The minimum Gasteiger partial charge on any atom is -0.508 e. The topological polar surface area (TPSA) is 74.2 Å². The summed E-state index contributed by atoms with van der Waals surface area (Å²) < 4.78 is 0. The molecule has 3 N–H and O–H groups in total. The zero-order chi connectivity index (χ0) is 13.7. The van der Waals surface area contributed by atoms with E-state index < -0.39 is 0 Å². The molecule has 1 amide bonds. The summed E-state index contributed by atoms with van der Waals surface area (Å²) in [4.78, 5) is 15.7. The lowest BCUT2D eigenvalue weighted by molar-refractivity contribution is 0.0942. The number of aromatic hydroxyl groups is 1. The number of nitrogens with one attached hydrogen (secondary N) is 2. The van der Waals surface area contributed by atoms with Crippen LogP contribution in [-0.2, 0) is 0 Å². The molecule has 0 aliphatic carbocycles. The fourth-order valence-corrected chi connectivity index (χ4v) is 1.43. The molecular weight excluding hydrogens is 242 g/mol. The average Bonchev–Trinajstić information content (AvgIpc) is 2.46. The number of rotatable bonds is 4. The highest BCUT2D eigenvalue weighted by Gasteiger charge is 2.05. The van der Waals surface area contributed by atoms with E-state index in [1.807, 2.05) is 6.07 Å². The molecule has 0 aliphatic heterocycles. The molecule has 0 spiro atoms. The van der Waals surface area contributed by atoms with Crippen molar-refractivity contribution in [3.8, 4) is 5.75 Å². The Hall–Kier alpha value is -2.82. The summed E-state index contributed by atoms with van der Waals surface area (Å²) in [6.07, 6.45) is 3.30. The van der Waals surface area contributed by atoms with E-state index in [4.69, 9.17) is 5.11 Å². The predicted molar refractivity (Wildman–Crippen MR) is 72.0 cm³/mol. The lowest BCUT2D eigenvalue weighted by atomic mass is 10.2. The Bertz CT molecular complexity index is 579. The van der Waals surface area contributed by atoms with Crippen molar-refractivity contribution in [2.75, 3.05) is 0 Å². The molecule has 2 aromatic rings. The van der Waals surface area contributed by atoms with Crippen LogP contribution in [0.4, 0.5) is 0 Å². The van der Waals surface area contributed by atoms with Gasteiger partial charge in [-0.2, -0.15) is 0 Å². The van der Waals surface area contributed by atoms with E-state index in [9.17, 15) is 4.79 Å². The van der Waals surface area contributed by atoms with Crippen LogP contribution in [0, 0.1) is 0 Å². The number of hydrogen-bond donors (Lipinski definition) is 3. The SMILES string of the molecule is C=C(NNC(=O)c1ccc(O)cc1)c1cccnc1. The molecule has 1 heterocycles. The standard InChI is InChI=1S/C14H13N3O2/c1-10(12-3-2-8-15-9-12)16-17-14(19)11-4-6-13(18)7-5-11/h2-9,16,18H,1H2,(H,17,19). The summed E-state index contributed by atoms with van der Waals surface area (Å²) in [6, 6.07) is 9.56. The van der Waals surface area contributed by atoms with Gasteiger partial charge in [0.25, 0.3) is 5.91 Å². The van der Waals surface area contributed by atoms with E-state index in [1.165, 1.54) is 24.3 Å². The molecule has 1 aromatic carbocycles. The van der Waals surface area contributed by atoms with Crippen molar-refractivity contribution in [2.45, 2.75) is 0 Å². The third-order valence-electron chi connectivity index (χ3n) is 2.47. The molecule has 19 heavy (non-hydrogen) atoms. The highest BCUT2D eigenvalue weighted by Crippen LogP contribution is 2.09. The van der Waals surface area contributed by atoms with E-state index in [1.54, 1.807) is 18.5 Å². The van der Waals surface area contributed by atoms with Crippen molar-refractivity contribution in [3.63, 3.8) is 0 Å². The number of aromatic nitrogens is 1. The number of benzene rings is 1.